The van der Waals surface area contributed by atoms with E-state index in [0.717, 1.165) is 5.69 Å². The van der Waals surface area contributed by atoms with Crippen LogP contribution in [-0.4, -0.2) is 49.1 Å². The number of amides is 1. The molecule has 1 fully saturated rings. The monoisotopic (exact) mass is 381 g/mol. The van der Waals surface area contributed by atoms with E-state index < -0.39 is 0 Å². The van der Waals surface area contributed by atoms with Gasteiger partial charge in [0, 0.05) is 38.1 Å². The number of pyridine rings is 1. The summed E-state index contributed by atoms with van der Waals surface area (Å²) in [4.78, 5) is 32.5. The predicted molar refractivity (Wildman–Crippen MR) is 106 cm³/mol. The van der Waals surface area contributed by atoms with Gasteiger partial charge in [-0.2, -0.15) is 0 Å². The fourth-order valence-corrected chi connectivity index (χ4v) is 3.54. The lowest BCUT2D eigenvalue weighted by Crippen LogP contribution is -2.49. The van der Waals surface area contributed by atoms with Gasteiger partial charge in [-0.1, -0.05) is 6.07 Å². The molecule has 1 aromatic heterocycles. The Morgan fingerprint density at radius 2 is 1.79 bits per heavy atom. The van der Waals surface area contributed by atoms with Crippen LogP contribution < -0.4 is 15.1 Å². The van der Waals surface area contributed by atoms with Gasteiger partial charge in [-0.15, -0.1) is 0 Å². The van der Waals surface area contributed by atoms with E-state index in [1.807, 2.05) is 0 Å². The zero-order valence-electron chi connectivity index (χ0n) is 15.4. The summed E-state index contributed by atoms with van der Waals surface area (Å²) in [6, 6.07) is 11.5. The number of anilines is 1. The minimum absolute atomic E-state index is 0.121. The molecule has 0 saturated carbocycles. The number of carbonyl (C=O) groups is 1. The van der Waals surface area contributed by atoms with Crippen molar-refractivity contribution in [2.75, 3.05) is 38.2 Å². The number of H-pyrrole nitrogens is 1. The fourth-order valence-electron chi connectivity index (χ4n) is 3.54. The van der Waals surface area contributed by atoms with Crippen LogP contribution in [0.25, 0.3) is 10.9 Å². The first kappa shape index (κ1) is 18.0. The smallest absolute Gasteiger partial charge is 0.259 e. The molecule has 0 atom stereocenters. The molecule has 4 rings (SSSR count). The molecule has 0 aliphatic carbocycles. The van der Waals surface area contributed by atoms with E-state index in [4.69, 9.17) is 4.74 Å². The third-order valence-electron chi connectivity index (χ3n) is 5.09. The average molecular weight is 381 g/mol. The minimum atomic E-state index is -0.307. The van der Waals surface area contributed by atoms with Gasteiger partial charge < -0.3 is 19.5 Å². The fraction of sp³-hybridized carbons (Fsp3) is 0.238. The van der Waals surface area contributed by atoms with Crippen molar-refractivity contribution in [1.82, 2.24) is 9.88 Å². The molecule has 1 aliphatic heterocycles. The second-order valence-electron chi connectivity index (χ2n) is 6.67. The van der Waals surface area contributed by atoms with E-state index in [2.05, 4.69) is 9.88 Å². The van der Waals surface area contributed by atoms with Gasteiger partial charge in [0.05, 0.1) is 18.0 Å². The first-order valence-corrected chi connectivity index (χ1v) is 9.06. The molecule has 6 nitrogen and oxygen atoms in total. The van der Waals surface area contributed by atoms with Gasteiger partial charge in [0.1, 0.15) is 17.1 Å². The molecule has 1 aliphatic rings. The van der Waals surface area contributed by atoms with Crippen LogP contribution >= 0.6 is 0 Å². The normalized spacial score (nSPS) is 14.4. The lowest BCUT2D eigenvalue weighted by Gasteiger charge is -2.36. The molecule has 0 bridgehead atoms. The first-order valence-electron chi connectivity index (χ1n) is 9.06. The van der Waals surface area contributed by atoms with Crippen LogP contribution in [0.2, 0.25) is 0 Å². The van der Waals surface area contributed by atoms with Crippen molar-refractivity contribution in [3.05, 3.63) is 70.3 Å². The lowest BCUT2D eigenvalue weighted by molar-refractivity contribution is 0.0745. The molecule has 0 unspecified atom stereocenters. The third kappa shape index (κ3) is 3.19. The Labute approximate surface area is 161 Å². The molecule has 2 aromatic carbocycles. The van der Waals surface area contributed by atoms with E-state index in [0.29, 0.717) is 42.8 Å². The average Bonchev–Trinajstić information content (AvgIpc) is 2.74. The molecule has 144 valence electrons. The Morgan fingerprint density at radius 3 is 2.46 bits per heavy atom. The molecule has 0 spiro atoms. The quantitative estimate of drug-likeness (QED) is 0.758. The summed E-state index contributed by atoms with van der Waals surface area (Å²) < 4.78 is 18.4. The van der Waals surface area contributed by atoms with Crippen LogP contribution in [0.1, 0.15) is 10.4 Å². The van der Waals surface area contributed by atoms with Gasteiger partial charge in [0.2, 0.25) is 5.43 Å². The van der Waals surface area contributed by atoms with Crippen LogP contribution in [0.15, 0.2) is 53.5 Å². The number of piperazine rings is 1. The number of fused-ring (bicyclic) bond motifs is 1. The minimum Gasteiger partial charge on any atom is -0.495 e. The van der Waals surface area contributed by atoms with Gasteiger partial charge in [0.15, 0.2) is 0 Å². The molecule has 1 amide bonds. The summed E-state index contributed by atoms with van der Waals surface area (Å²) in [5.74, 6) is -0.00374. The summed E-state index contributed by atoms with van der Waals surface area (Å²) in [6.45, 7) is 2.23. The van der Waals surface area contributed by atoms with Crippen LogP contribution in [0.3, 0.4) is 0 Å². The van der Waals surface area contributed by atoms with Gasteiger partial charge in [-0.3, -0.25) is 9.59 Å². The van der Waals surface area contributed by atoms with E-state index in [-0.39, 0.29) is 22.7 Å². The van der Waals surface area contributed by atoms with Crippen LogP contribution in [0, 0.1) is 5.82 Å². The Balaban J connectivity index is 1.53. The van der Waals surface area contributed by atoms with Gasteiger partial charge in [-0.05, 0) is 36.4 Å². The molecule has 3 aromatic rings. The number of hydrogen-bond donors (Lipinski definition) is 1. The number of aromatic amines is 1. The summed E-state index contributed by atoms with van der Waals surface area (Å²) in [5.41, 5.74) is 1.31. The number of para-hydroxylation sites is 1. The topological polar surface area (TPSA) is 65.6 Å². The Morgan fingerprint density at radius 1 is 1.07 bits per heavy atom. The molecular weight excluding hydrogens is 361 g/mol. The molecule has 28 heavy (non-hydrogen) atoms. The largest absolute Gasteiger partial charge is 0.495 e. The number of halogens is 1. The number of methoxy groups -OCH3 is 1. The maximum Gasteiger partial charge on any atom is 0.259 e. The maximum atomic E-state index is 13.1. The zero-order chi connectivity index (χ0) is 19.7. The maximum absolute atomic E-state index is 13.1. The second kappa shape index (κ2) is 7.34. The number of nitrogens with zero attached hydrogens (tertiary/aromatic N) is 2. The van der Waals surface area contributed by atoms with E-state index >= 15 is 0 Å². The molecule has 0 radical (unpaired) electrons. The summed E-state index contributed by atoms with van der Waals surface area (Å²) in [6.07, 6.45) is 1.46. The third-order valence-corrected chi connectivity index (χ3v) is 5.09. The Kier molecular flexibility index (Phi) is 4.73. The van der Waals surface area contributed by atoms with Crippen molar-refractivity contribution in [3.63, 3.8) is 0 Å². The molecule has 7 heteroatoms. The highest BCUT2D eigenvalue weighted by Crippen LogP contribution is 2.22. The number of aromatic nitrogens is 1. The van der Waals surface area contributed by atoms with E-state index in [1.165, 1.54) is 25.4 Å². The highest BCUT2D eigenvalue weighted by atomic mass is 19.1. The highest BCUT2D eigenvalue weighted by Gasteiger charge is 2.25. The summed E-state index contributed by atoms with van der Waals surface area (Å²) in [5, 5.41) is 0.426. The number of benzene rings is 2. The SMILES string of the molecule is COc1cccc2c(=O)c(C(=O)N3CCN(c4ccc(F)cc4)CC3)c[nH]c12. The number of hydrogen-bond acceptors (Lipinski definition) is 4. The molecule has 1 N–H and O–H groups in total. The van der Waals surface area contributed by atoms with Crippen LogP contribution in [0.5, 0.6) is 5.75 Å². The highest BCUT2D eigenvalue weighted by molar-refractivity contribution is 5.98. The molecule has 2 heterocycles. The van der Waals surface area contributed by atoms with Gasteiger partial charge in [0.25, 0.3) is 5.91 Å². The van der Waals surface area contributed by atoms with Crippen molar-refractivity contribution in [3.8, 4) is 5.75 Å². The number of nitrogens with one attached hydrogen (secondary N) is 1. The molecular formula is C21H20FN3O3. The van der Waals surface area contributed by atoms with Gasteiger partial charge in [-0.25, -0.2) is 4.39 Å². The van der Waals surface area contributed by atoms with Crippen molar-refractivity contribution >= 4 is 22.5 Å². The first-order chi connectivity index (χ1) is 13.6. The summed E-state index contributed by atoms with van der Waals surface area (Å²) in [7, 11) is 1.53. The van der Waals surface area contributed by atoms with Gasteiger partial charge >= 0.3 is 0 Å². The lowest BCUT2D eigenvalue weighted by atomic mass is 10.1. The van der Waals surface area contributed by atoms with Crippen molar-refractivity contribution < 1.29 is 13.9 Å². The van der Waals surface area contributed by atoms with Crippen molar-refractivity contribution in [2.24, 2.45) is 0 Å². The van der Waals surface area contributed by atoms with Crippen molar-refractivity contribution in [2.45, 2.75) is 0 Å². The molecule has 1 saturated heterocycles. The second-order valence-corrected chi connectivity index (χ2v) is 6.67. The number of rotatable bonds is 3. The van der Waals surface area contributed by atoms with Crippen molar-refractivity contribution in [1.29, 1.82) is 0 Å². The number of ether oxygens (including phenoxy) is 1. The van der Waals surface area contributed by atoms with Crippen LogP contribution in [-0.2, 0) is 0 Å². The zero-order valence-corrected chi connectivity index (χ0v) is 15.4. The van der Waals surface area contributed by atoms with E-state index in [9.17, 15) is 14.0 Å². The standard InChI is InChI=1S/C21H20FN3O3/c1-28-18-4-2-3-16-19(18)23-13-17(20(16)26)21(27)25-11-9-24(10-12-25)15-7-5-14(22)6-8-15/h2-8,13H,9-12H2,1H3,(H,23,26). The predicted octanol–water partition coefficient (Wildman–Crippen LogP) is 2.64. The number of carbonyl (C=O) groups excluding carboxylic acids is 1. The van der Waals surface area contributed by atoms with Crippen LogP contribution in [0.4, 0.5) is 10.1 Å². The Hall–Kier alpha value is -3.35. The summed E-state index contributed by atoms with van der Waals surface area (Å²) >= 11 is 0. The van der Waals surface area contributed by atoms with E-state index in [1.54, 1.807) is 35.2 Å². The Bertz CT molecular complexity index is 1070.